The van der Waals surface area contributed by atoms with Gasteiger partial charge in [-0.2, -0.15) is 0 Å². The van der Waals surface area contributed by atoms with E-state index in [0.29, 0.717) is 18.0 Å². The summed E-state index contributed by atoms with van der Waals surface area (Å²) in [5.41, 5.74) is 1.37. The van der Waals surface area contributed by atoms with Crippen LogP contribution in [-0.2, 0) is 11.3 Å². The summed E-state index contributed by atoms with van der Waals surface area (Å²) < 4.78 is 4.97. The van der Waals surface area contributed by atoms with Gasteiger partial charge in [0.2, 0.25) is 11.8 Å². The quantitative estimate of drug-likeness (QED) is 0.847. The van der Waals surface area contributed by atoms with Gasteiger partial charge in [0.15, 0.2) is 0 Å². The summed E-state index contributed by atoms with van der Waals surface area (Å²) in [7, 11) is 1.54. The number of nitrogens with zero attached hydrogens (tertiary/aromatic N) is 1. The highest BCUT2D eigenvalue weighted by atomic mass is 16.5. The van der Waals surface area contributed by atoms with Crippen molar-refractivity contribution in [1.82, 2.24) is 15.6 Å². The number of ether oxygens (including phenoxy) is 1. The highest BCUT2D eigenvalue weighted by molar-refractivity contribution is 5.97. The molecule has 0 spiro atoms. The number of hydrogen-bond acceptors (Lipinski definition) is 4. The second-order valence-corrected chi connectivity index (χ2v) is 4.99. The number of pyridine rings is 1. The first-order valence-electron chi connectivity index (χ1n) is 7.22. The van der Waals surface area contributed by atoms with Gasteiger partial charge in [-0.25, -0.2) is 4.98 Å². The second-order valence-electron chi connectivity index (χ2n) is 4.99. The molecule has 1 unspecified atom stereocenters. The van der Waals surface area contributed by atoms with Crippen molar-refractivity contribution in [3.8, 4) is 5.88 Å². The molecule has 120 valence electrons. The lowest BCUT2D eigenvalue weighted by Gasteiger charge is -2.14. The standard InChI is InChI=1S/C17H19N3O3/c1-12(20-17(22)14-6-4-3-5-7-14)16(21)19-11-13-8-9-15(23-2)18-10-13/h3-10,12H,11H2,1-2H3,(H,19,21)(H,20,22). The Morgan fingerprint density at radius 2 is 1.91 bits per heavy atom. The minimum absolute atomic E-state index is 0.259. The van der Waals surface area contributed by atoms with Crippen LogP contribution >= 0.6 is 0 Å². The number of methoxy groups -OCH3 is 1. The molecular formula is C17H19N3O3. The van der Waals surface area contributed by atoms with E-state index in [1.165, 1.54) is 0 Å². The number of nitrogens with one attached hydrogen (secondary N) is 2. The molecule has 0 saturated carbocycles. The van der Waals surface area contributed by atoms with Crippen molar-refractivity contribution in [2.75, 3.05) is 7.11 Å². The van der Waals surface area contributed by atoms with Crippen LogP contribution < -0.4 is 15.4 Å². The molecule has 0 radical (unpaired) electrons. The first kappa shape index (κ1) is 16.5. The van der Waals surface area contributed by atoms with Crippen molar-refractivity contribution < 1.29 is 14.3 Å². The van der Waals surface area contributed by atoms with Crippen molar-refractivity contribution in [3.05, 3.63) is 59.8 Å². The van der Waals surface area contributed by atoms with E-state index in [4.69, 9.17) is 4.74 Å². The van der Waals surface area contributed by atoms with E-state index >= 15 is 0 Å². The predicted octanol–water partition coefficient (Wildman–Crippen LogP) is 1.52. The first-order chi connectivity index (χ1) is 11.1. The third-order valence-corrected chi connectivity index (χ3v) is 3.25. The maximum Gasteiger partial charge on any atom is 0.251 e. The molecule has 0 fully saturated rings. The summed E-state index contributed by atoms with van der Waals surface area (Å²) in [4.78, 5) is 28.1. The fourth-order valence-corrected chi connectivity index (χ4v) is 1.91. The molecule has 2 amide bonds. The third-order valence-electron chi connectivity index (χ3n) is 3.25. The molecule has 0 saturated heterocycles. The molecule has 1 atom stereocenters. The minimum Gasteiger partial charge on any atom is -0.481 e. The van der Waals surface area contributed by atoms with E-state index in [0.717, 1.165) is 5.56 Å². The zero-order chi connectivity index (χ0) is 16.7. The maximum atomic E-state index is 12.0. The van der Waals surface area contributed by atoms with Crippen molar-refractivity contribution in [1.29, 1.82) is 0 Å². The van der Waals surface area contributed by atoms with Crippen LogP contribution in [-0.4, -0.2) is 29.9 Å². The summed E-state index contributed by atoms with van der Waals surface area (Å²) in [6, 6.07) is 11.7. The highest BCUT2D eigenvalue weighted by Gasteiger charge is 2.16. The summed E-state index contributed by atoms with van der Waals surface area (Å²) in [5, 5.41) is 5.42. The van der Waals surface area contributed by atoms with Crippen molar-refractivity contribution in [2.45, 2.75) is 19.5 Å². The molecule has 6 heteroatoms. The lowest BCUT2D eigenvalue weighted by molar-refractivity contribution is -0.122. The third kappa shape index (κ3) is 4.81. The van der Waals surface area contributed by atoms with Crippen LogP contribution in [0.15, 0.2) is 48.7 Å². The zero-order valence-electron chi connectivity index (χ0n) is 13.1. The van der Waals surface area contributed by atoms with Gasteiger partial charge in [-0.05, 0) is 24.6 Å². The van der Waals surface area contributed by atoms with E-state index in [-0.39, 0.29) is 11.8 Å². The van der Waals surface area contributed by atoms with E-state index in [1.54, 1.807) is 50.6 Å². The average molecular weight is 313 g/mol. The number of amides is 2. The SMILES string of the molecule is COc1ccc(CNC(=O)C(C)NC(=O)c2ccccc2)cn1. The number of benzene rings is 1. The summed E-state index contributed by atoms with van der Waals surface area (Å²) >= 11 is 0. The van der Waals surface area contributed by atoms with Gasteiger partial charge in [0, 0.05) is 24.4 Å². The fourth-order valence-electron chi connectivity index (χ4n) is 1.91. The van der Waals surface area contributed by atoms with Crippen molar-refractivity contribution >= 4 is 11.8 Å². The number of carbonyl (C=O) groups is 2. The van der Waals surface area contributed by atoms with Crippen LogP contribution in [0.4, 0.5) is 0 Å². The Morgan fingerprint density at radius 1 is 1.17 bits per heavy atom. The predicted molar refractivity (Wildman–Crippen MR) is 86.0 cm³/mol. The van der Waals surface area contributed by atoms with Crippen LogP contribution in [0.3, 0.4) is 0 Å². The summed E-state index contributed by atoms with van der Waals surface area (Å²) in [6.45, 7) is 1.98. The van der Waals surface area contributed by atoms with Crippen LogP contribution in [0.25, 0.3) is 0 Å². The number of hydrogen-bond donors (Lipinski definition) is 2. The smallest absolute Gasteiger partial charge is 0.251 e. The molecule has 1 aromatic carbocycles. The van der Waals surface area contributed by atoms with Gasteiger partial charge >= 0.3 is 0 Å². The van der Waals surface area contributed by atoms with Crippen LogP contribution in [0.5, 0.6) is 5.88 Å². The molecule has 2 rings (SSSR count). The molecule has 0 aliphatic carbocycles. The topological polar surface area (TPSA) is 80.3 Å². The molecule has 2 N–H and O–H groups in total. The molecule has 0 aliphatic heterocycles. The Morgan fingerprint density at radius 3 is 2.52 bits per heavy atom. The Labute approximate surface area is 134 Å². The largest absolute Gasteiger partial charge is 0.481 e. The first-order valence-corrected chi connectivity index (χ1v) is 7.22. The van der Waals surface area contributed by atoms with Gasteiger partial charge in [-0.15, -0.1) is 0 Å². The van der Waals surface area contributed by atoms with Crippen LogP contribution in [0.2, 0.25) is 0 Å². The fraction of sp³-hybridized carbons (Fsp3) is 0.235. The normalized spacial score (nSPS) is 11.4. The van der Waals surface area contributed by atoms with Crippen LogP contribution in [0, 0.1) is 0 Å². The van der Waals surface area contributed by atoms with Gasteiger partial charge in [-0.1, -0.05) is 24.3 Å². The Balaban J connectivity index is 1.83. The Kier molecular flexibility index (Phi) is 5.68. The van der Waals surface area contributed by atoms with Gasteiger partial charge in [-0.3, -0.25) is 9.59 Å². The Hall–Kier alpha value is -2.89. The molecule has 2 aromatic rings. The lowest BCUT2D eigenvalue weighted by atomic mass is 10.2. The molecule has 23 heavy (non-hydrogen) atoms. The van der Waals surface area contributed by atoms with E-state index in [9.17, 15) is 9.59 Å². The van der Waals surface area contributed by atoms with Crippen LogP contribution in [0.1, 0.15) is 22.8 Å². The average Bonchev–Trinajstić information content (AvgIpc) is 2.60. The molecule has 1 heterocycles. The van der Waals surface area contributed by atoms with Gasteiger partial charge in [0.05, 0.1) is 7.11 Å². The van der Waals surface area contributed by atoms with E-state index < -0.39 is 6.04 Å². The molecule has 0 aliphatic rings. The monoisotopic (exact) mass is 313 g/mol. The minimum atomic E-state index is -0.631. The summed E-state index contributed by atoms with van der Waals surface area (Å²) in [5.74, 6) is -0.0203. The number of aromatic nitrogens is 1. The Bertz CT molecular complexity index is 657. The van der Waals surface area contributed by atoms with Crippen molar-refractivity contribution in [2.24, 2.45) is 0 Å². The van der Waals surface area contributed by atoms with Gasteiger partial charge < -0.3 is 15.4 Å². The number of rotatable bonds is 6. The van der Waals surface area contributed by atoms with E-state index in [1.807, 2.05) is 12.1 Å². The van der Waals surface area contributed by atoms with E-state index in [2.05, 4.69) is 15.6 Å². The second kappa shape index (κ2) is 7.93. The molecule has 0 bridgehead atoms. The molecule has 6 nitrogen and oxygen atoms in total. The zero-order valence-corrected chi connectivity index (χ0v) is 13.1. The molecule has 1 aromatic heterocycles. The number of carbonyl (C=O) groups excluding carboxylic acids is 2. The highest BCUT2D eigenvalue weighted by Crippen LogP contribution is 2.06. The van der Waals surface area contributed by atoms with Gasteiger partial charge in [0.25, 0.3) is 5.91 Å². The van der Waals surface area contributed by atoms with Gasteiger partial charge in [0.1, 0.15) is 6.04 Å². The maximum absolute atomic E-state index is 12.0. The van der Waals surface area contributed by atoms with Crippen molar-refractivity contribution in [3.63, 3.8) is 0 Å². The molecular weight excluding hydrogens is 294 g/mol. The lowest BCUT2D eigenvalue weighted by Crippen LogP contribution is -2.44. The summed E-state index contributed by atoms with van der Waals surface area (Å²) in [6.07, 6.45) is 1.63.